The zero-order chi connectivity index (χ0) is 38.0. The molecule has 2 aromatic heterocycles. The zero-order valence-electron chi connectivity index (χ0n) is 32.0. The molecule has 5 rings (SSSR count). The zero-order valence-corrected chi connectivity index (χ0v) is 32.8. The summed E-state index contributed by atoms with van der Waals surface area (Å²) in [7, 11) is 3.59. The number of aromatic nitrogens is 4. The van der Waals surface area contributed by atoms with Crippen molar-refractivity contribution in [1.29, 1.82) is 0 Å². The molecule has 13 nitrogen and oxygen atoms in total. The maximum atomic E-state index is 13.8. The van der Waals surface area contributed by atoms with Crippen LogP contribution in [-0.2, 0) is 35.1 Å². The van der Waals surface area contributed by atoms with Crippen LogP contribution in [0.1, 0.15) is 80.6 Å². The second-order valence-corrected chi connectivity index (χ2v) is 16.1. The molecule has 15 heteroatoms. The minimum absolute atomic E-state index is 0.00989. The van der Waals surface area contributed by atoms with E-state index in [0.29, 0.717) is 51.0 Å². The molecule has 2 aliphatic rings. The molecule has 2 saturated heterocycles. The Morgan fingerprint density at radius 3 is 2.50 bits per heavy atom. The number of para-hydroxylation sites is 1. The number of ether oxygens (including phenoxy) is 3. The molecule has 0 N–H and O–H groups in total. The molecule has 8 atom stereocenters. The quantitative estimate of drug-likeness (QED) is 0.135. The molecule has 282 valence electrons. The summed E-state index contributed by atoms with van der Waals surface area (Å²) in [5, 5.41) is 9.46. The first-order valence-corrected chi connectivity index (χ1v) is 19.2. The average molecular weight is 737 g/mol. The first kappa shape index (κ1) is 39.4. The van der Waals surface area contributed by atoms with Gasteiger partial charge in [-0.05, 0) is 77.2 Å². The Morgan fingerprint density at radius 1 is 1.12 bits per heavy atom. The Kier molecular flexibility index (Phi) is 12.1. The van der Waals surface area contributed by atoms with Gasteiger partial charge in [0.1, 0.15) is 36.4 Å². The molecule has 0 aliphatic carbocycles. The molecule has 0 bridgehead atoms. The molecule has 3 aromatic rings. The second-order valence-electron chi connectivity index (χ2n) is 15.1. The number of nitrogens with zero attached hydrogens (tertiary/aromatic N) is 6. The standard InChI is InChI=1S/C37H53BN6O7S/c1-9-31-37(7)32(24(4)44(25(5)45)20-22(2)19-36(6,49-8)30(38)18-28(46)23(3)34(47)50-31)43(35(48)51-37)17-13-12-16-42-21-27(40-41-42)33-39-26-14-10-11-15-29(26)52-33/h10-11,14-15,21-24,30-32H,9,12-13,16-20,38H2,1-8H3/t22-,23-,24-,30-,31-,32-,36+,37-/m1/s1. The molecule has 2 aliphatic heterocycles. The third kappa shape index (κ3) is 8.05. The number of carbonyl (C=O) groups is 4. The van der Waals surface area contributed by atoms with E-state index >= 15 is 0 Å². The second kappa shape index (κ2) is 16.0. The number of ketones is 1. The summed E-state index contributed by atoms with van der Waals surface area (Å²) in [6, 6.07) is 6.81. The van der Waals surface area contributed by atoms with E-state index in [-0.39, 0.29) is 29.8 Å². The molecule has 0 saturated carbocycles. The molecule has 4 heterocycles. The van der Waals surface area contributed by atoms with Crippen molar-refractivity contribution in [2.45, 2.75) is 122 Å². The van der Waals surface area contributed by atoms with Gasteiger partial charge in [0, 0.05) is 40.1 Å². The lowest BCUT2D eigenvalue weighted by Crippen LogP contribution is -2.62. The van der Waals surface area contributed by atoms with E-state index in [9.17, 15) is 19.2 Å². The number of carbonyl (C=O) groups excluding carboxylic acids is 4. The number of Topliss-reactive ketones (excluding diaryl/α,β-unsaturated/α-hetero) is 1. The minimum atomic E-state index is -1.30. The van der Waals surface area contributed by atoms with Crippen molar-refractivity contribution in [2.24, 2.45) is 11.8 Å². The summed E-state index contributed by atoms with van der Waals surface area (Å²) in [5.74, 6) is -2.24. The fourth-order valence-corrected chi connectivity index (χ4v) is 8.92. The highest BCUT2D eigenvalue weighted by atomic mass is 32.1. The molecule has 0 unspecified atom stereocenters. The van der Waals surface area contributed by atoms with Gasteiger partial charge in [0.05, 0.1) is 34.1 Å². The Hall–Kier alpha value is -3.85. The summed E-state index contributed by atoms with van der Waals surface area (Å²) in [6.45, 7) is 14.0. The molecule has 0 radical (unpaired) electrons. The number of fused-ring (bicyclic) bond motifs is 2. The molecule has 2 amide bonds. The van der Waals surface area contributed by atoms with Crippen molar-refractivity contribution in [3.63, 3.8) is 0 Å². The van der Waals surface area contributed by atoms with Gasteiger partial charge in [-0.15, -0.1) is 16.4 Å². The van der Waals surface area contributed by atoms with Gasteiger partial charge in [0.25, 0.3) is 0 Å². The Balaban J connectivity index is 1.38. The lowest BCUT2D eigenvalue weighted by atomic mass is 9.67. The van der Waals surface area contributed by atoms with E-state index < -0.39 is 47.4 Å². The monoisotopic (exact) mass is 736 g/mol. The van der Waals surface area contributed by atoms with E-state index in [1.54, 1.807) is 46.8 Å². The number of hydrogen-bond acceptors (Lipinski definition) is 11. The Labute approximate surface area is 311 Å². The highest BCUT2D eigenvalue weighted by molar-refractivity contribution is 7.21. The van der Waals surface area contributed by atoms with Crippen LogP contribution in [0, 0.1) is 11.8 Å². The summed E-state index contributed by atoms with van der Waals surface area (Å²) in [6.07, 6.45) is 2.86. The van der Waals surface area contributed by atoms with Crippen LogP contribution in [0.2, 0.25) is 5.82 Å². The molecular weight excluding hydrogens is 683 g/mol. The molecule has 1 aromatic carbocycles. The summed E-state index contributed by atoms with van der Waals surface area (Å²) in [4.78, 5) is 62.3. The van der Waals surface area contributed by atoms with E-state index in [2.05, 4.69) is 22.2 Å². The van der Waals surface area contributed by atoms with Gasteiger partial charge < -0.3 is 19.1 Å². The van der Waals surface area contributed by atoms with Gasteiger partial charge in [0.15, 0.2) is 5.60 Å². The van der Waals surface area contributed by atoms with E-state index in [1.165, 1.54) is 6.92 Å². The third-order valence-electron chi connectivity index (χ3n) is 11.3. The van der Waals surface area contributed by atoms with E-state index in [4.69, 9.17) is 14.2 Å². The number of aryl methyl sites for hydroxylation is 1. The number of hydrogen-bond donors (Lipinski definition) is 0. The van der Waals surface area contributed by atoms with Crippen LogP contribution in [-0.4, -0.2) is 111 Å². The maximum Gasteiger partial charge on any atom is 0.410 e. The van der Waals surface area contributed by atoms with Crippen LogP contribution in [0.25, 0.3) is 20.9 Å². The largest absolute Gasteiger partial charge is 0.458 e. The topological polar surface area (TPSA) is 146 Å². The Morgan fingerprint density at radius 2 is 1.83 bits per heavy atom. The average Bonchev–Trinajstić information content (AvgIpc) is 3.82. The molecule has 0 spiro atoms. The number of esters is 1. The summed E-state index contributed by atoms with van der Waals surface area (Å²) in [5.41, 5.74) is -0.344. The predicted molar refractivity (Wildman–Crippen MR) is 201 cm³/mol. The van der Waals surface area contributed by atoms with Crippen molar-refractivity contribution in [1.82, 2.24) is 29.8 Å². The fraction of sp³-hybridized carbons (Fsp3) is 0.649. The van der Waals surface area contributed by atoms with Crippen molar-refractivity contribution in [3.05, 3.63) is 30.5 Å². The van der Waals surface area contributed by atoms with Crippen molar-refractivity contribution < 1.29 is 33.4 Å². The smallest absolute Gasteiger partial charge is 0.410 e. The number of unbranched alkanes of at least 4 members (excludes halogenated alkanes) is 1. The van der Waals surface area contributed by atoms with Crippen LogP contribution < -0.4 is 0 Å². The van der Waals surface area contributed by atoms with Crippen molar-refractivity contribution in [3.8, 4) is 10.7 Å². The van der Waals surface area contributed by atoms with Crippen LogP contribution >= 0.6 is 11.3 Å². The highest BCUT2D eigenvalue weighted by Crippen LogP contribution is 2.41. The Bertz CT molecular complexity index is 1740. The maximum absolute atomic E-state index is 13.8. The first-order valence-electron chi connectivity index (χ1n) is 18.4. The van der Waals surface area contributed by atoms with Gasteiger partial charge in [-0.25, -0.2) is 9.78 Å². The number of amides is 2. The van der Waals surface area contributed by atoms with Crippen molar-refractivity contribution >= 4 is 53.2 Å². The van der Waals surface area contributed by atoms with E-state index in [0.717, 1.165) is 15.2 Å². The highest BCUT2D eigenvalue weighted by Gasteiger charge is 2.59. The van der Waals surface area contributed by atoms with Crippen molar-refractivity contribution in [2.75, 3.05) is 20.2 Å². The van der Waals surface area contributed by atoms with Crippen LogP contribution in [0.4, 0.5) is 4.79 Å². The summed E-state index contributed by atoms with van der Waals surface area (Å²) < 4.78 is 21.1. The lowest BCUT2D eigenvalue weighted by molar-refractivity contribution is -0.171. The minimum Gasteiger partial charge on any atom is -0.458 e. The summed E-state index contributed by atoms with van der Waals surface area (Å²) >= 11 is 1.57. The lowest BCUT2D eigenvalue weighted by Gasteiger charge is -2.44. The predicted octanol–water partition coefficient (Wildman–Crippen LogP) is 4.94. The number of methoxy groups -OCH3 is 1. The normalized spacial score (nSPS) is 30.8. The van der Waals surface area contributed by atoms with Gasteiger partial charge in [-0.3, -0.25) is 24.0 Å². The number of cyclic esters (lactones) is 1. The van der Waals surface area contributed by atoms with Crippen LogP contribution in [0.5, 0.6) is 0 Å². The molecular formula is C37H53BN6O7S. The van der Waals surface area contributed by atoms with Gasteiger partial charge >= 0.3 is 12.1 Å². The van der Waals surface area contributed by atoms with Gasteiger partial charge in [-0.2, -0.15) is 0 Å². The van der Waals surface area contributed by atoms with E-state index in [1.807, 2.05) is 59.1 Å². The number of rotatable bonds is 8. The SMILES string of the molecule is B[C@@H]1CC(=O)[C@@H](C)C(=O)O[C@H](CC)[C@@]2(C)OC(=O)N(CCCCn3cc(-c4nc5ccccc5s4)nn3)[C@@H]2[C@@H](C)N(C(C)=O)C[C@H](C)C[C@]1(C)OC. The third-order valence-corrected chi connectivity index (χ3v) is 12.3. The van der Waals surface area contributed by atoms with Crippen LogP contribution in [0.3, 0.4) is 0 Å². The molecule has 52 heavy (non-hydrogen) atoms. The fourth-order valence-electron chi connectivity index (χ4n) is 8.00. The molecule has 2 fully saturated rings. The number of thiazole rings is 1. The van der Waals surface area contributed by atoms with Gasteiger partial charge in [0.2, 0.25) is 5.91 Å². The van der Waals surface area contributed by atoms with Gasteiger partial charge in [-0.1, -0.05) is 31.2 Å². The number of benzene rings is 1. The van der Waals surface area contributed by atoms with Crippen LogP contribution in [0.15, 0.2) is 30.5 Å². The first-order chi connectivity index (χ1) is 24.6.